The van der Waals surface area contributed by atoms with E-state index in [2.05, 4.69) is 28.1 Å². The first kappa shape index (κ1) is 18.6. The fourth-order valence-corrected chi connectivity index (χ4v) is 3.80. The van der Waals surface area contributed by atoms with Gasteiger partial charge in [0.05, 0.1) is 7.11 Å². The summed E-state index contributed by atoms with van der Waals surface area (Å²) >= 11 is 1.46. The van der Waals surface area contributed by atoms with Crippen LogP contribution in [0.15, 0.2) is 18.2 Å². The maximum atomic E-state index is 12.8. The summed E-state index contributed by atoms with van der Waals surface area (Å²) in [6, 6.07) is 5.63. The Hall–Kier alpha value is -2.15. The summed E-state index contributed by atoms with van der Waals surface area (Å²) in [7, 11) is 1.63. The third kappa shape index (κ3) is 4.15. The Morgan fingerprint density at radius 1 is 1.27 bits per heavy atom. The van der Waals surface area contributed by atoms with E-state index < -0.39 is 0 Å². The van der Waals surface area contributed by atoms with Crippen molar-refractivity contribution in [3.05, 3.63) is 35.2 Å². The maximum absolute atomic E-state index is 12.8. The largest absolute Gasteiger partial charge is 0.496 e. The van der Waals surface area contributed by atoms with E-state index in [1.807, 2.05) is 30.0 Å². The SMILES string of the molecule is COc1cc(C(=O)N2CCN(c3nc(CC(C)C)ns3)CC2)ccc1C. The molecule has 2 heterocycles. The number of methoxy groups -OCH3 is 1. The van der Waals surface area contributed by atoms with Gasteiger partial charge in [-0.1, -0.05) is 19.9 Å². The predicted molar refractivity (Wildman–Crippen MR) is 104 cm³/mol. The number of ether oxygens (including phenoxy) is 1. The Bertz CT molecular complexity index is 767. The molecule has 1 amide bonds. The molecule has 0 aliphatic carbocycles. The molecule has 0 N–H and O–H groups in total. The lowest BCUT2D eigenvalue weighted by Gasteiger charge is -2.34. The van der Waals surface area contributed by atoms with E-state index in [0.717, 1.165) is 41.8 Å². The van der Waals surface area contributed by atoms with Gasteiger partial charge in [-0.3, -0.25) is 4.79 Å². The molecule has 0 spiro atoms. The Morgan fingerprint density at radius 3 is 2.65 bits per heavy atom. The first-order valence-corrected chi connectivity index (χ1v) is 9.76. The zero-order valence-corrected chi connectivity index (χ0v) is 16.7. The number of rotatable bonds is 5. The number of aromatic nitrogens is 2. The molecule has 0 atom stereocenters. The van der Waals surface area contributed by atoms with E-state index in [-0.39, 0.29) is 5.91 Å². The van der Waals surface area contributed by atoms with E-state index in [1.54, 1.807) is 7.11 Å². The lowest BCUT2D eigenvalue weighted by molar-refractivity contribution is 0.0746. The van der Waals surface area contributed by atoms with Crippen molar-refractivity contribution in [2.75, 3.05) is 38.2 Å². The van der Waals surface area contributed by atoms with Gasteiger partial charge in [0.15, 0.2) is 0 Å². The second-order valence-electron chi connectivity index (χ2n) is 7.05. The highest BCUT2D eigenvalue weighted by molar-refractivity contribution is 7.09. The maximum Gasteiger partial charge on any atom is 0.254 e. The van der Waals surface area contributed by atoms with E-state index in [0.29, 0.717) is 24.6 Å². The number of hydrogen-bond donors (Lipinski definition) is 0. The van der Waals surface area contributed by atoms with Crippen molar-refractivity contribution in [1.29, 1.82) is 0 Å². The Balaban J connectivity index is 1.61. The molecular formula is C19H26N4O2S. The highest BCUT2D eigenvalue weighted by Crippen LogP contribution is 2.23. The van der Waals surface area contributed by atoms with E-state index in [9.17, 15) is 4.79 Å². The van der Waals surface area contributed by atoms with Crippen LogP contribution in [0.5, 0.6) is 5.75 Å². The minimum absolute atomic E-state index is 0.0562. The van der Waals surface area contributed by atoms with E-state index in [1.165, 1.54) is 11.5 Å². The lowest BCUT2D eigenvalue weighted by atomic mass is 10.1. The van der Waals surface area contributed by atoms with E-state index >= 15 is 0 Å². The van der Waals surface area contributed by atoms with Crippen LogP contribution < -0.4 is 9.64 Å². The van der Waals surface area contributed by atoms with Gasteiger partial charge in [-0.25, -0.2) is 4.98 Å². The summed E-state index contributed by atoms with van der Waals surface area (Å²) in [5.74, 6) is 2.28. The average molecular weight is 375 g/mol. The van der Waals surface area contributed by atoms with Gasteiger partial charge in [0, 0.05) is 49.7 Å². The fraction of sp³-hybridized carbons (Fsp3) is 0.526. The van der Waals surface area contributed by atoms with Crippen LogP contribution in [0.4, 0.5) is 5.13 Å². The Labute approximate surface area is 159 Å². The van der Waals surface area contributed by atoms with Gasteiger partial charge in [-0.2, -0.15) is 4.37 Å². The molecule has 1 fully saturated rings. The summed E-state index contributed by atoms with van der Waals surface area (Å²) < 4.78 is 9.79. The van der Waals surface area contributed by atoms with Crippen LogP contribution in [0.2, 0.25) is 0 Å². The van der Waals surface area contributed by atoms with Crippen molar-refractivity contribution in [3.8, 4) is 5.75 Å². The zero-order chi connectivity index (χ0) is 18.7. The Kier molecular flexibility index (Phi) is 5.76. The van der Waals surface area contributed by atoms with Crippen LogP contribution in [0.25, 0.3) is 0 Å². The molecule has 0 radical (unpaired) electrons. The second-order valence-corrected chi connectivity index (χ2v) is 7.79. The minimum Gasteiger partial charge on any atom is -0.496 e. The molecule has 3 rings (SSSR count). The van der Waals surface area contributed by atoms with Crippen LogP contribution in [0.1, 0.15) is 35.6 Å². The molecule has 1 saturated heterocycles. The van der Waals surface area contributed by atoms with Gasteiger partial charge in [0.1, 0.15) is 11.6 Å². The van der Waals surface area contributed by atoms with Crippen LogP contribution in [0.3, 0.4) is 0 Å². The van der Waals surface area contributed by atoms with Gasteiger partial charge >= 0.3 is 0 Å². The monoisotopic (exact) mass is 374 g/mol. The van der Waals surface area contributed by atoms with Gasteiger partial charge in [-0.15, -0.1) is 0 Å². The first-order valence-electron chi connectivity index (χ1n) is 8.99. The van der Waals surface area contributed by atoms with Crippen LogP contribution in [0, 0.1) is 12.8 Å². The number of piperazine rings is 1. The molecule has 1 aliphatic rings. The molecular weight excluding hydrogens is 348 g/mol. The fourth-order valence-electron chi connectivity index (χ4n) is 3.06. The molecule has 1 aromatic carbocycles. The van der Waals surface area contributed by atoms with Gasteiger partial charge < -0.3 is 14.5 Å². The quantitative estimate of drug-likeness (QED) is 0.805. The third-order valence-electron chi connectivity index (χ3n) is 4.54. The van der Waals surface area contributed by atoms with Crippen molar-refractivity contribution in [2.45, 2.75) is 27.2 Å². The highest BCUT2D eigenvalue weighted by Gasteiger charge is 2.24. The smallest absolute Gasteiger partial charge is 0.254 e. The summed E-state index contributed by atoms with van der Waals surface area (Å²) in [6.45, 7) is 9.26. The molecule has 1 aromatic heterocycles. The number of amides is 1. The van der Waals surface area contributed by atoms with Crippen LogP contribution in [-0.2, 0) is 6.42 Å². The second kappa shape index (κ2) is 8.03. The van der Waals surface area contributed by atoms with Crippen molar-refractivity contribution in [2.24, 2.45) is 5.92 Å². The van der Waals surface area contributed by atoms with Crippen LogP contribution >= 0.6 is 11.5 Å². The molecule has 0 unspecified atom stereocenters. The number of hydrogen-bond acceptors (Lipinski definition) is 6. The predicted octanol–water partition coefficient (Wildman–Crippen LogP) is 3.02. The zero-order valence-electron chi connectivity index (χ0n) is 15.9. The molecule has 7 heteroatoms. The number of benzene rings is 1. The third-order valence-corrected chi connectivity index (χ3v) is 5.36. The molecule has 1 aliphatic heterocycles. The standard InChI is InChI=1S/C19H26N4O2S/c1-13(2)11-17-20-19(26-21-17)23-9-7-22(8-10-23)18(24)15-6-5-14(3)16(12-15)25-4/h5-6,12-13H,7-11H2,1-4H3. The van der Waals surface area contributed by atoms with Crippen molar-refractivity contribution in [3.63, 3.8) is 0 Å². The normalized spacial score (nSPS) is 14.8. The number of aryl methyl sites for hydroxylation is 1. The van der Waals surface area contributed by atoms with E-state index in [4.69, 9.17) is 4.74 Å². The number of nitrogens with zero attached hydrogens (tertiary/aromatic N) is 4. The summed E-state index contributed by atoms with van der Waals surface area (Å²) in [6.07, 6.45) is 0.907. The molecule has 2 aromatic rings. The van der Waals surface area contributed by atoms with Crippen LogP contribution in [-0.4, -0.2) is 53.5 Å². The molecule has 0 bridgehead atoms. The molecule has 26 heavy (non-hydrogen) atoms. The summed E-state index contributed by atoms with van der Waals surface area (Å²) in [5, 5.41) is 0.963. The highest BCUT2D eigenvalue weighted by atomic mass is 32.1. The molecule has 140 valence electrons. The van der Waals surface area contributed by atoms with Crippen molar-refractivity contribution in [1.82, 2.24) is 14.3 Å². The summed E-state index contributed by atoms with van der Waals surface area (Å²) in [4.78, 5) is 21.5. The Morgan fingerprint density at radius 2 is 2.00 bits per heavy atom. The average Bonchev–Trinajstić information content (AvgIpc) is 3.09. The van der Waals surface area contributed by atoms with Gasteiger partial charge in [0.2, 0.25) is 5.13 Å². The van der Waals surface area contributed by atoms with Gasteiger partial charge in [0.25, 0.3) is 5.91 Å². The first-order chi connectivity index (χ1) is 12.5. The molecule has 0 saturated carbocycles. The number of anilines is 1. The minimum atomic E-state index is 0.0562. The number of carbonyl (C=O) groups excluding carboxylic acids is 1. The van der Waals surface area contributed by atoms with Crippen molar-refractivity contribution >= 4 is 22.6 Å². The molecule has 6 nitrogen and oxygen atoms in total. The topological polar surface area (TPSA) is 58.6 Å². The summed E-state index contributed by atoms with van der Waals surface area (Å²) in [5.41, 5.74) is 1.71. The van der Waals surface area contributed by atoms with Crippen molar-refractivity contribution < 1.29 is 9.53 Å². The number of carbonyl (C=O) groups is 1. The lowest BCUT2D eigenvalue weighted by Crippen LogP contribution is -2.48. The van der Waals surface area contributed by atoms with Gasteiger partial charge in [-0.05, 0) is 30.5 Å².